The van der Waals surface area contributed by atoms with Crippen molar-refractivity contribution in [3.05, 3.63) is 93.4 Å². The fourth-order valence-corrected chi connectivity index (χ4v) is 4.85. The first-order valence-electron chi connectivity index (χ1n) is 12.8. The lowest BCUT2D eigenvalue weighted by atomic mass is 10.0. The molecule has 0 aliphatic rings. The van der Waals surface area contributed by atoms with E-state index in [9.17, 15) is 14.0 Å². The summed E-state index contributed by atoms with van der Waals surface area (Å²) in [6.07, 6.45) is 4.54. The normalized spacial score (nSPS) is 11.0. The molecule has 0 radical (unpaired) electrons. The Balaban J connectivity index is 1.75. The Morgan fingerprint density at radius 2 is 1.58 bits per heavy atom. The van der Waals surface area contributed by atoms with Crippen LogP contribution in [-0.2, 0) is 24.3 Å². The van der Waals surface area contributed by atoms with Crippen molar-refractivity contribution in [3.63, 3.8) is 0 Å². The van der Waals surface area contributed by atoms with Gasteiger partial charge in [-0.15, -0.1) is 11.3 Å². The molecule has 0 aliphatic carbocycles. The first kappa shape index (κ1) is 27.6. The number of carbonyl (C=O) groups excluding carboxylic acids is 2. The van der Waals surface area contributed by atoms with Gasteiger partial charge in [0.2, 0.25) is 5.91 Å². The Morgan fingerprint density at radius 3 is 2.19 bits per heavy atom. The molecule has 3 aromatic rings. The number of carbonyl (C=O) groups is 2. The summed E-state index contributed by atoms with van der Waals surface area (Å²) >= 11 is 1.59. The quantitative estimate of drug-likeness (QED) is 0.235. The van der Waals surface area contributed by atoms with E-state index in [2.05, 4.69) is 6.92 Å². The summed E-state index contributed by atoms with van der Waals surface area (Å²) in [6, 6.07) is 18.0. The summed E-state index contributed by atoms with van der Waals surface area (Å²) in [7, 11) is 0. The maximum atomic E-state index is 13.5. The van der Waals surface area contributed by atoms with Crippen LogP contribution in [-0.4, -0.2) is 34.7 Å². The first-order chi connectivity index (χ1) is 17.4. The lowest BCUT2D eigenvalue weighted by molar-refractivity contribution is -0.133. The Bertz CT molecular complexity index is 1080. The lowest BCUT2D eigenvalue weighted by Gasteiger charge is -2.29. The number of halogens is 1. The van der Waals surface area contributed by atoms with Crippen LogP contribution in [0.1, 0.15) is 66.4 Å². The third kappa shape index (κ3) is 8.59. The van der Waals surface area contributed by atoms with E-state index < -0.39 is 0 Å². The molecule has 0 saturated carbocycles. The number of hydrogen-bond acceptors (Lipinski definition) is 3. The molecule has 0 unspecified atom stereocenters. The van der Waals surface area contributed by atoms with E-state index >= 15 is 0 Å². The van der Waals surface area contributed by atoms with Crippen LogP contribution >= 0.6 is 11.3 Å². The first-order valence-corrected chi connectivity index (χ1v) is 13.7. The maximum Gasteiger partial charge on any atom is 0.254 e. The number of benzene rings is 2. The van der Waals surface area contributed by atoms with Crippen LogP contribution < -0.4 is 0 Å². The number of nitrogens with zero attached hydrogens (tertiary/aromatic N) is 2. The number of unbranched alkanes of at least 4 members (excludes halogenated alkanes) is 2. The number of hydrogen-bond donors (Lipinski definition) is 0. The molecule has 0 saturated heterocycles. The minimum Gasteiger partial charge on any atom is -0.332 e. The minimum atomic E-state index is -0.306. The second-order valence-electron chi connectivity index (χ2n) is 9.69. The molecule has 2 aromatic carbocycles. The summed E-state index contributed by atoms with van der Waals surface area (Å²) in [6.45, 7) is 7.58. The predicted octanol–water partition coefficient (Wildman–Crippen LogP) is 6.95. The average Bonchev–Trinajstić information content (AvgIpc) is 3.37. The smallest absolute Gasteiger partial charge is 0.254 e. The van der Waals surface area contributed by atoms with E-state index in [1.165, 1.54) is 30.5 Å². The molecule has 0 spiro atoms. The molecule has 0 fully saturated rings. The largest absolute Gasteiger partial charge is 0.332 e. The van der Waals surface area contributed by atoms with Gasteiger partial charge in [0.15, 0.2) is 0 Å². The van der Waals surface area contributed by atoms with Crippen molar-refractivity contribution >= 4 is 23.2 Å². The lowest BCUT2D eigenvalue weighted by Crippen LogP contribution is -2.43. The third-order valence-corrected chi connectivity index (χ3v) is 6.90. The average molecular weight is 509 g/mol. The van der Waals surface area contributed by atoms with Crippen LogP contribution in [0.4, 0.5) is 4.39 Å². The van der Waals surface area contributed by atoms with Gasteiger partial charge in [0, 0.05) is 23.5 Å². The molecule has 2 amide bonds. The van der Waals surface area contributed by atoms with E-state index in [1.807, 2.05) is 55.6 Å². The van der Waals surface area contributed by atoms with Crippen LogP contribution in [0.3, 0.4) is 0 Å². The number of rotatable bonds is 13. The zero-order chi connectivity index (χ0) is 25.9. The van der Waals surface area contributed by atoms with Gasteiger partial charge in [0.1, 0.15) is 12.4 Å². The Hall–Kier alpha value is -2.99. The predicted molar refractivity (Wildman–Crippen MR) is 145 cm³/mol. The molecule has 0 aliphatic heterocycles. The fourth-order valence-electron chi connectivity index (χ4n) is 4.13. The van der Waals surface area contributed by atoms with Gasteiger partial charge >= 0.3 is 0 Å². The topological polar surface area (TPSA) is 40.6 Å². The minimum absolute atomic E-state index is 0.00182. The van der Waals surface area contributed by atoms with Crippen LogP contribution in [0.25, 0.3) is 0 Å². The SMILES string of the molecule is CCCCCc1ccc(C(=O)N(CC(=O)N(Cc2ccc(F)cc2)Cc2cccs2)CC(C)C)cc1. The molecule has 1 aromatic heterocycles. The molecule has 0 atom stereocenters. The molecule has 0 bridgehead atoms. The van der Waals surface area contributed by atoms with Crippen molar-refractivity contribution < 1.29 is 14.0 Å². The molecule has 4 nitrogen and oxygen atoms in total. The van der Waals surface area contributed by atoms with Gasteiger partial charge in [-0.25, -0.2) is 4.39 Å². The van der Waals surface area contributed by atoms with Gasteiger partial charge in [-0.3, -0.25) is 9.59 Å². The van der Waals surface area contributed by atoms with Crippen molar-refractivity contribution in [3.8, 4) is 0 Å². The van der Waals surface area contributed by atoms with Crippen molar-refractivity contribution in [2.75, 3.05) is 13.1 Å². The van der Waals surface area contributed by atoms with Gasteiger partial charge in [-0.05, 0) is 65.6 Å². The van der Waals surface area contributed by atoms with Crippen LogP contribution in [0.15, 0.2) is 66.0 Å². The molecule has 6 heteroatoms. The Labute approximate surface area is 218 Å². The van der Waals surface area contributed by atoms with Crippen molar-refractivity contribution in [1.29, 1.82) is 0 Å². The monoisotopic (exact) mass is 508 g/mol. The van der Waals surface area contributed by atoms with E-state index in [0.717, 1.165) is 23.3 Å². The molecule has 36 heavy (non-hydrogen) atoms. The second kappa shape index (κ2) is 13.9. The van der Waals surface area contributed by atoms with Crippen LogP contribution in [0.2, 0.25) is 0 Å². The highest BCUT2D eigenvalue weighted by Crippen LogP contribution is 2.17. The summed E-state index contributed by atoms with van der Waals surface area (Å²) < 4.78 is 13.4. The Morgan fingerprint density at radius 1 is 0.889 bits per heavy atom. The van der Waals surface area contributed by atoms with Crippen LogP contribution in [0.5, 0.6) is 0 Å². The van der Waals surface area contributed by atoms with E-state index in [1.54, 1.807) is 33.3 Å². The zero-order valence-corrected chi connectivity index (χ0v) is 22.4. The van der Waals surface area contributed by atoms with E-state index in [4.69, 9.17) is 0 Å². The maximum absolute atomic E-state index is 13.5. The summed E-state index contributed by atoms with van der Waals surface area (Å²) in [5.41, 5.74) is 2.68. The fraction of sp³-hybridized carbons (Fsp3) is 0.400. The van der Waals surface area contributed by atoms with Gasteiger partial charge in [-0.2, -0.15) is 0 Å². The summed E-state index contributed by atoms with van der Waals surface area (Å²) in [5, 5.41) is 1.98. The molecule has 1 heterocycles. The van der Waals surface area contributed by atoms with Crippen LogP contribution in [0, 0.1) is 11.7 Å². The molecular formula is C30H37FN2O2S. The molecule has 0 N–H and O–H groups in total. The number of amides is 2. The van der Waals surface area contributed by atoms with E-state index in [-0.39, 0.29) is 30.1 Å². The summed E-state index contributed by atoms with van der Waals surface area (Å²) in [5.74, 6) is -0.342. The zero-order valence-electron chi connectivity index (χ0n) is 21.6. The second-order valence-corrected chi connectivity index (χ2v) is 10.7. The highest BCUT2D eigenvalue weighted by Gasteiger charge is 2.24. The van der Waals surface area contributed by atoms with Gasteiger partial charge in [-0.1, -0.05) is 63.9 Å². The van der Waals surface area contributed by atoms with Crippen molar-refractivity contribution in [2.45, 2.75) is 59.5 Å². The van der Waals surface area contributed by atoms with Crippen molar-refractivity contribution in [2.24, 2.45) is 5.92 Å². The highest BCUT2D eigenvalue weighted by atomic mass is 32.1. The highest BCUT2D eigenvalue weighted by molar-refractivity contribution is 7.09. The third-order valence-electron chi connectivity index (χ3n) is 6.03. The Kier molecular flexibility index (Phi) is 10.7. The molecule has 192 valence electrons. The molecular weight excluding hydrogens is 471 g/mol. The van der Waals surface area contributed by atoms with Gasteiger partial charge in [0.05, 0.1) is 6.54 Å². The van der Waals surface area contributed by atoms with Crippen molar-refractivity contribution in [1.82, 2.24) is 9.80 Å². The standard InChI is InChI=1S/C30H37FN2O2S/c1-4-5-6-8-24-10-14-26(15-11-24)30(35)33(19-23(2)3)22-29(34)32(21-28-9-7-18-36-28)20-25-12-16-27(31)17-13-25/h7,9-18,23H,4-6,8,19-22H2,1-3H3. The molecule has 3 rings (SSSR count). The number of thiophene rings is 1. The summed E-state index contributed by atoms with van der Waals surface area (Å²) in [4.78, 5) is 31.4. The number of aryl methyl sites for hydroxylation is 1. The van der Waals surface area contributed by atoms with Gasteiger partial charge in [0.25, 0.3) is 5.91 Å². The van der Waals surface area contributed by atoms with E-state index in [0.29, 0.717) is 25.2 Å². The van der Waals surface area contributed by atoms with Gasteiger partial charge < -0.3 is 9.80 Å².